The summed E-state index contributed by atoms with van der Waals surface area (Å²) < 4.78 is 15.0. The molecule has 0 amide bonds. The van der Waals surface area contributed by atoms with Crippen LogP contribution in [0.2, 0.25) is 0 Å². The van der Waals surface area contributed by atoms with Gasteiger partial charge >= 0.3 is 0 Å². The molecule has 1 aromatic carbocycles. The number of fused-ring (bicyclic) bond motifs is 3. The average Bonchev–Trinajstić information content (AvgIpc) is 3.11. The molecule has 0 N–H and O–H groups in total. The van der Waals surface area contributed by atoms with E-state index in [0.717, 1.165) is 22.5 Å². The fourth-order valence-electron chi connectivity index (χ4n) is 4.11. The van der Waals surface area contributed by atoms with Gasteiger partial charge in [-0.15, -0.1) is 11.3 Å². The predicted octanol–water partition coefficient (Wildman–Crippen LogP) is 4.79. The molecule has 1 saturated carbocycles. The third-order valence-corrected chi connectivity index (χ3v) is 6.07. The Morgan fingerprint density at radius 2 is 2.05 bits per heavy atom. The molecule has 4 rings (SSSR count). The maximum Gasteiger partial charge on any atom is 0.131 e. The molecule has 110 valence electrons. The van der Waals surface area contributed by atoms with Crippen molar-refractivity contribution in [2.75, 3.05) is 20.6 Å². The van der Waals surface area contributed by atoms with Crippen molar-refractivity contribution in [3.8, 4) is 0 Å². The zero-order valence-electron chi connectivity index (χ0n) is 12.5. The van der Waals surface area contributed by atoms with E-state index in [1.54, 1.807) is 28.5 Å². The van der Waals surface area contributed by atoms with Crippen molar-refractivity contribution in [2.45, 2.75) is 19.3 Å². The van der Waals surface area contributed by atoms with E-state index in [1.165, 1.54) is 24.1 Å². The molecule has 0 aliphatic heterocycles. The number of nitrogens with zero attached hydrogens (tertiary/aromatic N) is 1. The second kappa shape index (κ2) is 4.92. The number of thiophene rings is 1. The Labute approximate surface area is 129 Å². The average molecular weight is 301 g/mol. The van der Waals surface area contributed by atoms with Crippen LogP contribution in [0.1, 0.15) is 24.1 Å². The van der Waals surface area contributed by atoms with Crippen molar-refractivity contribution in [1.29, 1.82) is 0 Å². The molecular formula is C18H20FNS. The number of benzene rings is 1. The van der Waals surface area contributed by atoms with Crippen molar-refractivity contribution in [1.82, 2.24) is 4.90 Å². The van der Waals surface area contributed by atoms with E-state index in [9.17, 15) is 4.39 Å². The number of allylic oxidation sites excluding steroid dienone is 1. The van der Waals surface area contributed by atoms with E-state index < -0.39 is 0 Å². The van der Waals surface area contributed by atoms with Crippen LogP contribution in [-0.4, -0.2) is 25.5 Å². The van der Waals surface area contributed by atoms with Gasteiger partial charge in [0.25, 0.3) is 0 Å². The molecule has 2 bridgehead atoms. The molecular weight excluding hydrogens is 281 g/mol. The lowest BCUT2D eigenvalue weighted by Crippen LogP contribution is -2.19. The zero-order valence-corrected chi connectivity index (χ0v) is 13.3. The number of halogens is 1. The Morgan fingerprint density at radius 1 is 1.24 bits per heavy atom. The van der Waals surface area contributed by atoms with Gasteiger partial charge in [-0.2, -0.15) is 0 Å². The van der Waals surface area contributed by atoms with Gasteiger partial charge in [-0.3, -0.25) is 0 Å². The summed E-state index contributed by atoms with van der Waals surface area (Å²) in [6.07, 6.45) is 3.97. The van der Waals surface area contributed by atoms with Crippen LogP contribution in [0.15, 0.2) is 29.8 Å². The summed E-state index contributed by atoms with van der Waals surface area (Å²) in [6.45, 7) is 1.05. The van der Waals surface area contributed by atoms with Gasteiger partial charge in [0.05, 0.1) is 0 Å². The molecule has 21 heavy (non-hydrogen) atoms. The van der Waals surface area contributed by atoms with Gasteiger partial charge in [0.15, 0.2) is 0 Å². The quantitative estimate of drug-likeness (QED) is 0.788. The lowest BCUT2D eigenvalue weighted by molar-refractivity contribution is 0.423. The van der Waals surface area contributed by atoms with Crippen LogP contribution < -0.4 is 0 Å². The lowest BCUT2D eigenvalue weighted by Gasteiger charge is -2.22. The first kappa shape index (κ1) is 13.5. The van der Waals surface area contributed by atoms with Gasteiger partial charge in [0, 0.05) is 21.5 Å². The standard InChI is InChI=1S/C18H20FNS/c1-20(2)10-14-11-6-7-12(8-11)18(14)17-9-13-15(19)4-3-5-16(13)21-17/h3-5,9,11-12H,6-8,10H2,1-2H3. The highest BCUT2D eigenvalue weighted by molar-refractivity contribution is 7.20. The topological polar surface area (TPSA) is 3.24 Å². The molecule has 1 aromatic heterocycles. The number of rotatable bonds is 3. The summed E-state index contributed by atoms with van der Waals surface area (Å²) in [5, 5.41) is 0.789. The first-order valence-electron chi connectivity index (χ1n) is 7.69. The molecule has 1 fully saturated rings. The van der Waals surface area contributed by atoms with Gasteiger partial charge in [0.1, 0.15) is 5.82 Å². The zero-order chi connectivity index (χ0) is 14.6. The van der Waals surface area contributed by atoms with Crippen molar-refractivity contribution < 1.29 is 4.39 Å². The first-order chi connectivity index (χ1) is 10.1. The summed E-state index contributed by atoms with van der Waals surface area (Å²) in [4.78, 5) is 3.57. The molecule has 1 nitrogen and oxygen atoms in total. The van der Waals surface area contributed by atoms with Gasteiger partial charge < -0.3 is 4.90 Å². The normalized spacial score (nSPS) is 24.8. The third-order valence-electron chi connectivity index (χ3n) is 4.94. The SMILES string of the molecule is CN(C)CC1=C(c2cc3c(F)cccc3s2)C2CCC1C2. The largest absolute Gasteiger partial charge is 0.305 e. The van der Waals surface area contributed by atoms with Crippen LogP contribution in [0.25, 0.3) is 15.7 Å². The highest BCUT2D eigenvalue weighted by Crippen LogP contribution is 2.54. The molecule has 2 aliphatic carbocycles. The smallest absolute Gasteiger partial charge is 0.131 e. The maximum absolute atomic E-state index is 14.0. The second-order valence-electron chi connectivity index (χ2n) is 6.65. The fraction of sp³-hybridized carbons (Fsp3) is 0.444. The van der Waals surface area contributed by atoms with Gasteiger partial charge in [-0.1, -0.05) is 6.07 Å². The van der Waals surface area contributed by atoms with Crippen LogP contribution in [0.5, 0.6) is 0 Å². The van der Waals surface area contributed by atoms with E-state index >= 15 is 0 Å². The Bertz CT molecular complexity index is 728. The minimum atomic E-state index is -0.0899. The molecule has 2 atom stereocenters. The Kier molecular flexibility index (Phi) is 3.16. The van der Waals surface area contributed by atoms with Gasteiger partial charge in [0.2, 0.25) is 0 Å². The van der Waals surface area contributed by atoms with E-state index in [1.807, 2.05) is 12.1 Å². The predicted molar refractivity (Wildman–Crippen MR) is 88.1 cm³/mol. The third kappa shape index (κ3) is 2.14. The number of likely N-dealkylation sites (N-methyl/N-ethyl adjacent to an activating group) is 1. The Balaban J connectivity index is 1.85. The molecule has 0 saturated heterocycles. The monoisotopic (exact) mass is 301 g/mol. The van der Waals surface area contributed by atoms with Crippen molar-refractivity contribution in [3.63, 3.8) is 0 Å². The van der Waals surface area contributed by atoms with E-state index in [-0.39, 0.29) is 5.82 Å². The van der Waals surface area contributed by atoms with Crippen LogP contribution in [0, 0.1) is 17.7 Å². The van der Waals surface area contributed by atoms with Crippen LogP contribution in [0.4, 0.5) is 4.39 Å². The van der Waals surface area contributed by atoms with Crippen molar-refractivity contribution in [2.24, 2.45) is 11.8 Å². The van der Waals surface area contributed by atoms with E-state index in [0.29, 0.717) is 5.92 Å². The molecule has 0 radical (unpaired) electrons. The number of hydrogen-bond acceptors (Lipinski definition) is 2. The highest BCUT2D eigenvalue weighted by Gasteiger charge is 2.39. The number of hydrogen-bond donors (Lipinski definition) is 0. The lowest BCUT2D eigenvalue weighted by atomic mass is 9.90. The molecule has 3 heteroatoms. The Morgan fingerprint density at radius 3 is 2.81 bits per heavy atom. The summed E-state index contributed by atoms with van der Waals surface area (Å²) in [5.41, 5.74) is 3.16. The van der Waals surface area contributed by atoms with Crippen LogP contribution >= 0.6 is 11.3 Å². The summed E-state index contributed by atoms with van der Waals surface area (Å²) in [5.74, 6) is 1.39. The van der Waals surface area contributed by atoms with Gasteiger partial charge in [-0.25, -0.2) is 4.39 Å². The first-order valence-corrected chi connectivity index (χ1v) is 8.51. The summed E-state index contributed by atoms with van der Waals surface area (Å²) in [7, 11) is 4.28. The van der Waals surface area contributed by atoms with E-state index in [2.05, 4.69) is 25.1 Å². The minimum Gasteiger partial charge on any atom is -0.305 e. The Hall–Kier alpha value is -1.19. The minimum absolute atomic E-state index is 0.0899. The molecule has 2 unspecified atom stereocenters. The molecule has 1 heterocycles. The highest BCUT2D eigenvalue weighted by atomic mass is 32.1. The van der Waals surface area contributed by atoms with Crippen molar-refractivity contribution >= 4 is 27.0 Å². The van der Waals surface area contributed by atoms with Crippen LogP contribution in [0.3, 0.4) is 0 Å². The maximum atomic E-state index is 14.0. The van der Waals surface area contributed by atoms with E-state index in [4.69, 9.17) is 0 Å². The summed E-state index contributed by atoms with van der Waals surface area (Å²) >= 11 is 1.76. The van der Waals surface area contributed by atoms with Crippen LogP contribution in [-0.2, 0) is 0 Å². The molecule has 2 aliphatic rings. The fourth-order valence-corrected chi connectivity index (χ4v) is 5.35. The summed E-state index contributed by atoms with van der Waals surface area (Å²) in [6, 6.07) is 7.50. The van der Waals surface area contributed by atoms with Gasteiger partial charge in [-0.05, 0) is 74.5 Å². The van der Waals surface area contributed by atoms with Crippen molar-refractivity contribution in [3.05, 3.63) is 40.5 Å². The second-order valence-corrected chi connectivity index (χ2v) is 7.73. The molecule has 0 spiro atoms. The molecule has 2 aromatic rings.